The summed E-state index contributed by atoms with van der Waals surface area (Å²) < 4.78 is 33.1. The average Bonchev–Trinajstić information content (AvgIpc) is 3.39. The lowest BCUT2D eigenvalue weighted by molar-refractivity contribution is 0.0604. The number of pyridine rings is 1. The van der Waals surface area contributed by atoms with Crippen molar-refractivity contribution in [2.45, 2.75) is 12.8 Å². The highest BCUT2D eigenvalue weighted by molar-refractivity contribution is 7.12. The number of halogens is 2. The number of aromatic hydroxyl groups is 1. The summed E-state index contributed by atoms with van der Waals surface area (Å²) in [7, 11) is 1.44. The maximum Gasteiger partial charge on any atom is 0.284 e. The predicted octanol–water partition coefficient (Wildman–Crippen LogP) is 2.55. The molecule has 0 unspecified atom stereocenters. The number of hydrogen-bond donors (Lipinski definition) is 1. The molecule has 1 N–H and O–H groups in total. The number of nitrogens with zero attached hydrogens (tertiary/aromatic N) is 3. The Bertz CT molecular complexity index is 1390. The van der Waals surface area contributed by atoms with Crippen LogP contribution in [-0.4, -0.2) is 59.2 Å². The molecule has 0 fully saturated rings. The first kappa shape index (κ1) is 25.2. The lowest BCUT2D eigenvalue weighted by Gasteiger charge is -2.38. The molecule has 1 aliphatic heterocycles. The number of amides is 2. The van der Waals surface area contributed by atoms with Crippen LogP contribution in [0.5, 0.6) is 5.75 Å². The second-order valence-electron chi connectivity index (χ2n) is 7.96. The summed E-state index contributed by atoms with van der Waals surface area (Å²) in [5, 5.41) is 13.5. The molecule has 0 atom stereocenters. The molecule has 36 heavy (non-hydrogen) atoms. The summed E-state index contributed by atoms with van der Waals surface area (Å²) in [5.41, 5.74) is -1.95. The minimum atomic E-state index is -1.09. The van der Waals surface area contributed by atoms with Crippen molar-refractivity contribution in [1.82, 2.24) is 9.58 Å². The monoisotopic (exact) mass is 517 g/mol. The van der Waals surface area contributed by atoms with Crippen LogP contribution in [0.1, 0.15) is 42.5 Å². The first-order chi connectivity index (χ1) is 17.2. The largest absolute Gasteiger partial charge is 0.502 e. The van der Waals surface area contributed by atoms with E-state index in [9.17, 15) is 33.1 Å². The normalized spacial score (nSPS) is 13.1. The SMILES string of the molecule is COCCN1CN(C(=O)c2cccs2)n2cc(C(=O)CCc3ccc(F)cc3F)c(=O)c(O)c2C1=O. The van der Waals surface area contributed by atoms with E-state index in [4.69, 9.17) is 4.74 Å². The van der Waals surface area contributed by atoms with E-state index in [2.05, 4.69) is 0 Å². The molecule has 0 aliphatic carbocycles. The third-order valence-electron chi connectivity index (χ3n) is 5.69. The highest BCUT2D eigenvalue weighted by atomic mass is 32.1. The standard InChI is InChI=1S/C24H21F2N3O6S/c1-35-9-8-27-13-29(23(33)19-3-2-10-36-19)28-12-16(21(31)22(32)20(28)24(27)34)18(30)7-5-14-4-6-15(25)11-17(14)26/h2-4,6,10-12,32H,5,7-9,13H2,1H3. The lowest BCUT2D eigenvalue weighted by Crippen LogP contribution is -2.57. The van der Waals surface area contributed by atoms with Crippen molar-refractivity contribution in [2.24, 2.45) is 0 Å². The van der Waals surface area contributed by atoms with Gasteiger partial charge in [0, 0.05) is 32.3 Å². The van der Waals surface area contributed by atoms with Gasteiger partial charge in [-0.05, 0) is 29.5 Å². The van der Waals surface area contributed by atoms with Crippen LogP contribution >= 0.6 is 11.3 Å². The van der Waals surface area contributed by atoms with Crippen LogP contribution in [0.2, 0.25) is 0 Å². The van der Waals surface area contributed by atoms with Gasteiger partial charge in [0.2, 0.25) is 5.43 Å². The molecule has 1 aliphatic rings. The van der Waals surface area contributed by atoms with Gasteiger partial charge in [-0.2, -0.15) is 0 Å². The van der Waals surface area contributed by atoms with Gasteiger partial charge in [-0.1, -0.05) is 12.1 Å². The van der Waals surface area contributed by atoms with Crippen molar-refractivity contribution in [2.75, 3.05) is 31.9 Å². The minimum absolute atomic E-state index is 0.0745. The predicted molar refractivity (Wildman–Crippen MR) is 126 cm³/mol. The number of benzene rings is 1. The summed E-state index contributed by atoms with van der Waals surface area (Å²) in [5.74, 6) is -4.56. The number of thiophene rings is 1. The van der Waals surface area contributed by atoms with Crippen molar-refractivity contribution in [3.05, 3.63) is 85.5 Å². The Morgan fingerprint density at radius 1 is 1.19 bits per heavy atom. The molecule has 12 heteroatoms. The molecule has 3 heterocycles. The summed E-state index contributed by atoms with van der Waals surface area (Å²) in [6, 6.07) is 6.19. The van der Waals surface area contributed by atoms with Gasteiger partial charge >= 0.3 is 0 Å². The smallest absolute Gasteiger partial charge is 0.284 e. The number of hydrogen-bond acceptors (Lipinski definition) is 7. The van der Waals surface area contributed by atoms with Crippen molar-refractivity contribution >= 4 is 28.9 Å². The summed E-state index contributed by atoms with van der Waals surface area (Å²) in [6.07, 6.45) is 0.579. The summed E-state index contributed by atoms with van der Waals surface area (Å²) in [4.78, 5) is 53.7. The fourth-order valence-electron chi connectivity index (χ4n) is 3.79. The first-order valence-corrected chi connectivity index (χ1v) is 11.7. The van der Waals surface area contributed by atoms with E-state index in [0.717, 1.165) is 33.3 Å². The number of aromatic nitrogens is 1. The van der Waals surface area contributed by atoms with Crippen LogP contribution in [0.25, 0.3) is 0 Å². The average molecular weight is 518 g/mol. The number of ketones is 1. The Morgan fingerprint density at radius 2 is 1.97 bits per heavy atom. The van der Waals surface area contributed by atoms with E-state index >= 15 is 0 Å². The Labute approximate surface area is 207 Å². The second kappa shape index (κ2) is 10.4. The molecule has 188 valence electrons. The highest BCUT2D eigenvalue weighted by Crippen LogP contribution is 2.24. The number of carbonyl (C=O) groups is 3. The van der Waals surface area contributed by atoms with Gasteiger partial charge in [-0.3, -0.25) is 19.2 Å². The van der Waals surface area contributed by atoms with E-state index in [1.54, 1.807) is 17.5 Å². The summed E-state index contributed by atoms with van der Waals surface area (Å²) >= 11 is 1.16. The second-order valence-corrected chi connectivity index (χ2v) is 8.91. The summed E-state index contributed by atoms with van der Waals surface area (Å²) in [6.45, 7) is 0.0119. The zero-order valence-corrected chi connectivity index (χ0v) is 19.9. The Balaban J connectivity index is 1.72. The van der Waals surface area contributed by atoms with Crippen LogP contribution in [-0.2, 0) is 11.2 Å². The van der Waals surface area contributed by atoms with Gasteiger partial charge < -0.3 is 14.7 Å². The van der Waals surface area contributed by atoms with Gasteiger partial charge in [-0.15, -0.1) is 11.3 Å². The van der Waals surface area contributed by atoms with Gasteiger partial charge in [0.15, 0.2) is 17.2 Å². The number of carbonyl (C=O) groups excluding carboxylic acids is 3. The Morgan fingerprint density at radius 3 is 2.64 bits per heavy atom. The number of rotatable bonds is 8. The molecule has 0 spiro atoms. The maximum absolute atomic E-state index is 14.0. The first-order valence-electron chi connectivity index (χ1n) is 10.8. The van der Waals surface area contributed by atoms with Crippen molar-refractivity contribution in [3.63, 3.8) is 0 Å². The molecule has 3 aromatic rings. The van der Waals surface area contributed by atoms with Crippen molar-refractivity contribution in [3.8, 4) is 5.75 Å². The van der Waals surface area contributed by atoms with Crippen LogP contribution in [0.15, 0.2) is 46.7 Å². The molecular formula is C24H21F2N3O6S. The molecule has 0 bridgehead atoms. The molecule has 0 saturated carbocycles. The molecule has 1 aromatic carbocycles. The Hall–Kier alpha value is -3.90. The Kier molecular flexibility index (Phi) is 7.27. The maximum atomic E-state index is 14.0. The number of methoxy groups -OCH3 is 1. The molecule has 2 aromatic heterocycles. The quantitative estimate of drug-likeness (QED) is 0.460. The van der Waals surface area contributed by atoms with Gasteiger partial charge in [0.05, 0.1) is 17.0 Å². The number of ether oxygens (including phenoxy) is 1. The topological polar surface area (TPSA) is 109 Å². The van der Waals surface area contributed by atoms with Gasteiger partial charge in [0.25, 0.3) is 11.8 Å². The van der Waals surface area contributed by atoms with E-state index in [-0.39, 0.29) is 38.2 Å². The number of aryl methyl sites for hydroxylation is 1. The molecule has 0 saturated heterocycles. The minimum Gasteiger partial charge on any atom is -0.502 e. The van der Waals surface area contributed by atoms with E-state index < -0.39 is 51.7 Å². The van der Waals surface area contributed by atoms with Gasteiger partial charge in [-0.25, -0.2) is 18.5 Å². The highest BCUT2D eigenvalue weighted by Gasteiger charge is 2.37. The molecule has 0 radical (unpaired) electrons. The van der Waals surface area contributed by atoms with Crippen LogP contribution in [0.3, 0.4) is 0 Å². The third-order valence-corrected chi connectivity index (χ3v) is 6.55. The molecule has 4 rings (SSSR count). The molecular weight excluding hydrogens is 496 g/mol. The van der Waals surface area contributed by atoms with E-state index in [1.807, 2.05) is 0 Å². The fraction of sp³-hybridized carbons (Fsp3) is 0.250. The van der Waals surface area contributed by atoms with Crippen LogP contribution < -0.4 is 10.4 Å². The lowest BCUT2D eigenvalue weighted by atomic mass is 10.0. The van der Waals surface area contributed by atoms with E-state index in [1.165, 1.54) is 18.1 Å². The van der Waals surface area contributed by atoms with Crippen LogP contribution in [0, 0.1) is 11.6 Å². The molecule has 2 amide bonds. The third kappa shape index (κ3) is 4.77. The molecule has 9 nitrogen and oxygen atoms in total. The number of Topliss-reactive ketones (excluding diaryl/α,β-unsaturated/α-hetero) is 1. The van der Waals surface area contributed by atoms with Crippen molar-refractivity contribution in [1.29, 1.82) is 0 Å². The van der Waals surface area contributed by atoms with Crippen LogP contribution in [0.4, 0.5) is 8.78 Å². The zero-order chi connectivity index (χ0) is 26.0. The van der Waals surface area contributed by atoms with Crippen molar-refractivity contribution < 1.29 is 33.0 Å². The number of fused-ring (bicyclic) bond motifs is 1. The van der Waals surface area contributed by atoms with Gasteiger partial charge in [0.1, 0.15) is 18.3 Å². The van der Waals surface area contributed by atoms with E-state index in [0.29, 0.717) is 10.9 Å². The fourth-order valence-corrected chi connectivity index (χ4v) is 4.46. The zero-order valence-electron chi connectivity index (χ0n) is 19.1.